The number of thioether (sulfide) groups is 1. The molecule has 0 saturated carbocycles. The first-order valence-electron chi connectivity index (χ1n) is 9.22. The number of aromatic nitrogens is 1. The number of sulfone groups is 1. The molecule has 2 heterocycles. The number of pyridine rings is 1. The van der Waals surface area contributed by atoms with E-state index in [1.807, 2.05) is 47.5 Å². The minimum absolute atomic E-state index is 0.0339. The lowest BCUT2D eigenvalue weighted by Gasteiger charge is -2.34. The first-order valence-corrected chi connectivity index (χ1v) is 12.3. The van der Waals surface area contributed by atoms with Gasteiger partial charge in [-0.15, -0.1) is 11.8 Å². The molecule has 6 nitrogen and oxygen atoms in total. The van der Waals surface area contributed by atoms with Crippen LogP contribution in [0.25, 0.3) is 0 Å². The molecule has 1 aromatic heterocycles. The number of benzene rings is 1. The van der Waals surface area contributed by atoms with E-state index in [1.54, 1.807) is 18.0 Å². The number of hydrogen-bond acceptors (Lipinski definition) is 6. The average Bonchev–Trinajstić information content (AvgIpc) is 2.71. The van der Waals surface area contributed by atoms with Crippen molar-refractivity contribution < 1.29 is 13.2 Å². The van der Waals surface area contributed by atoms with Crippen LogP contribution >= 0.6 is 11.8 Å². The average molecular weight is 420 g/mol. The van der Waals surface area contributed by atoms with Crippen LogP contribution in [0.3, 0.4) is 0 Å². The lowest BCUT2D eigenvalue weighted by Crippen LogP contribution is -2.49. The fourth-order valence-corrected chi connectivity index (χ4v) is 4.42. The Balaban J connectivity index is 1.48. The van der Waals surface area contributed by atoms with Crippen LogP contribution in [0.5, 0.6) is 0 Å². The van der Waals surface area contributed by atoms with Gasteiger partial charge in [-0.2, -0.15) is 0 Å². The maximum Gasteiger partial charge on any atom is 0.253 e. The summed E-state index contributed by atoms with van der Waals surface area (Å²) in [5.74, 6) is 1.04. The fraction of sp³-hybridized carbons (Fsp3) is 0.400. The van der Waals surface area contributed by atoms with E-state index in [4.69, 9.17) is 0 Å². The highest BCUT2D eigenvalue weighted by Crippen LogP contribution is 2.23. The Morgan fingerprint density at radius 3 is 2.43 bits per heavy atom. The number of rotatable bonds is 7. The molecule has 0 unspecified atom stereocenters. The van der Waals surface area contributed by atoms with E-state index in [0.29, 0.717) is 38.3 Å². The third-order valence-corrected chi connectivity index (χ3v) is 6.67. The molecule has 1 saturated heterocycles. The highest BCUT2D eigenvalue weighted by atomic mass is 32.2. The smallest absolute Gasteiger partial charge is 0.253 e. The zero-order valence-corrected chi connectivity index (χ0v) is 17.6. The monoisotopic (exact) mass is 419 g/mol. The van der Waals surface area contributed by atoms with Crippen LogP contribution in [-0.2, 0) is 15.6 Å². The second-order valence-electron chi connectivity index (χ2n) is 6.94. The molecule has 8 heteroatoms. The molecule has 1 fully saturated rings. The number of piperazine rings is 1. The van der Waals surface area contributed by atoms with Gasteiger partial charge in [0.1, 0.15) is 9.84 Å². The second-order valence-corrected chi connectivity index (χ2v) is 10.2. The molecule has 0 N–H and O–H groups in total. The molecular formula is C20H25N3O3S2. The number of carbonyl (C=O) groups excluding carboxylic acids is 1. The normalized spacial score (nSPS) is 15.5. The molecule has 28 heavy (non-hydrogen) atoms. The van der Waals surface area contributed by atoms with Crippen molar-refractivity contribution >= 4 is 27.5 Å². The Labute approximate surface area is 170 Å². The third kappa shape index (κ3) is 6.32. The molecule has 3 rings (SSSR count). The van der Waals surface area contributed by atoms with Crippen molar-refractivity contribution in [1.29, 1.82) is 0 Å². The first-order chi connectivity index (χ1) is 13.4. The predicted octanol–water partition coefficient (Wildman–Crippen LogP) is 2.18. The zero-order chi connectivity index (χ0) is 20.0. The Bertz CT molecular complexity index is 879. The van der Waals surface area contributed by atoms with Gasteiger partial charge in [0, 0.05) is 67.6 Å². The van der Waals surface area contributed by atoms with E-state index in [9.17, 15) is 13.2 Å². The van der Waals surface area contributed by atoms with Gasteiger partial charge in [-0.25, -0.2) is 8.42 Å². The molecule has 1 amide bonds. The van der Waals surface area contributed by atoms with Crippen molar-refractivity contribution in [3.63, 3.8) is 0 Å². The summed E-state index contributed by atoms with van der Waals surface area (Å²) in [6, 6.07) is 11.7. The van der Waals surface area contributed by atoms with Crippen molar-refractivity contribution in [3.8, 4) is 0 Å². The Morgan fingerprint density at radius 1 is 1.11 bits per heavy atom. The maximum absolute atomic E-state index is 12.7. The molecule has 1 aliphatic heterocycles. The molecule has 0 bridgehead atoms. The van der Waals surface area contributed by atoms with Crippen LogP contribution in [-0.4, -0.2) is 73.8 Å². The van der Waals surface area contributed by atoms with Crippen molar-refractivity contribution in [2.45, 2.75) is 10.6 Å². The largest absolute Gasteiger partial charge is 0.336 e. The summed E-state index contributed by atoms with van der Waals surface area (Å²) in [4.78, 5) is 21.9. The summed E-state index contributed by atoms with van der Waals surface area (Å²) < 4.78 is 22.6. The summed E-state index contributed by atoms with van der Waals surface area (Å²) in [5.41, 5.74) is 1.86. The quantitative estimate of drug-likeness (QED) is 0.641. The van der Waals surface area contributed by atoms with Crippen LogP contribution in [0.1, 0.15) is 15.9 Å². The van der Waals surface area contributed by atoms with E-state index >= 15 is 0 Å². The van der Waals surface area contributed by atoms with Crippen LogP contribution in [0.15, 0.2) is 53.7 Å². The SMILES string of the molecule is CS(=O)(=O)CCN1CCN(C(=O)c2ccc(SCc3cccnc3)cc2)CC1. The summed E-state index contributed by atoms with van der Waals surface area (Å²) in [6.07, 6.45) is 4.88. The Hall–Kier alpha value is -1.90. The van der Waals surface area contributed by atoms with Gasteiger partial charge in [-0.1, -0.05) is 6.07 Å². The summed E-state index contributed by atoms with van der Waals surface area (Å²) >= 11 is 1.72. The van der Waals surface area contributed by atoms with Crippen molar-refractivity contribution in [2.75, 3.05) is 44.7 Å². The van der Waals surface area contributed by atoms with E-state index < -0.39 is 9.84 Å². The van der Waals surface area contributed by atoms with Gasteiger partial charge in [-0.05, 0) is 35.9 Å². The van der Waals surface area contributed by atoms with Gasteiger partial charge in [0.2, 0.25) is 0 Å². The van der Waals surface area contributed by atoms with Crippen molar-refractivity contribution in [2.24, 2.45) is 0 Å². The van der Waals surface area contributed by atoms with Gasteiger partial charge in [0.15, 0.2) is 0 Å². The van der Waals surface area contributed by atoms with Gasteiger partial charge in [0.25, 0.3) is 5.91 Å². The number of amides is 1. The topological polar surface area (TPSA) is 70.6 Å². The van der Waals surface area contributed by atoms with Gasteiger partial charge < -0.3 is 4.90 Å². The van der Waals surface area contributed by atoms with E-state index in [-0.39, 0.29) is 11.7 Å². The van der Waals surface area contributed by atoms with Crippen LogP contribution in [0, 0.1) is 0 Å². The maximum atomic E-state index is 12.7. The van der Waals surface area contributed by atoms with Crippen molar-refractivity contribution in [3.05, 3.63) is 59.9 Å². The highest BCUT2D eigenvalue weighted by Gasteiger charge is 2.22. The Kier molecular flexibility index (Phi) is 7.09. The first kappa shape index (κ1) is 20.8. The summed E-state index contributed by atoms with van der Waals surface area (Å²) in [6.45, 7) is 3.20. The lowest BCUT2D eigenvalue weighted by molar-refractivity contribution is 0.0644. The standard InChI is InChI=1S/C20H25N3O3S2/c1-28(25,26)14-13-22-9-11-23(12-10-22)20(24)18-4-6-19(7-5-18)27-16-17-3-2-8-21-15-17/h2-8,15H,9-14,16H2,1H3. The molecule has 150 valence electrons. The minimum Gasteiger partial charge on any atom is -0.336 e. The highest BCUT2D eigenvalue weighted by molar-refractivity contribution is 7.98. The summed E-state index contributed by atoms with van der Waals surface area (Å²) in [5, 5.41) is 0. The molecule has 0 spiro atoms. The molecule has 1 aliphatic rings. The zero-order valence-electron chi connectivity index (χ0n) is 16.0. The summed E-state index contributed by atoms with van der Waals surface area (Å²) in [7, 11) is -2.95. The van der Waals surface area contributed by atoms with Crippen LogP contribution in [0.4, 0.5) is 0 Å². The van der Waals surface area contributed by atoms with Crippen LogP contribution in [0.2, 0.25) is 0 Å². The lowest BCUT2D eigenvalue weighted by atomic mass is 10.2. The van der Waals surface area contributed by atoms with Crippen LogP contribution < -0.4 is 0 Å². The molecule has 0 radical (unpaired) electrons. The number of carbonyl (C=O) groups is 1. The third-order valence-electron chi connectivity index (χ3n) is 4.67. The molecule has 0 aliphatic carbocycles. The van der Waals surface area contributed by atoms with Gasteiger partial charge in [0.05, 0.1) is 5.75 Å². The van der Waals surface area contributed by atoms with E-state index in [0.717, 1.165) is 10.6 Å². The Morgan fingerprint density at radius 2 is 1.82 bits per heavy atom. The van der Waals surface area contributed by atoms with Gasteiger partial charge >= 0.3 is 0 Å². The van der Waals surface area contributed by atoms with E-state index in [2.05, 4.69) is 9.88 Å². The molecule has 2 aromatic rings. The fourth-order valence-electron chi connectivity index (χ4n) is 3.00. The molecule has 1 aromatic carbocycles. The predicted molar refractivity (Wildman–Crippen MR) is 112 cm³/mol. The van der Waals surface area contributed by atoms with Crippen molar-refractivity contribution in [1.82, 2.24) is 14.8 Å². The second kappa shape index (κ2) is 9.54. The minimum atomic E-state index is -2.95. The van der Waals surface area contributed by atoms with E-state index in [1.165, 1.54) is 11.8 Å². The number of nitrogens with zero attached hydrogens (tertiary/aromatic N) is 3. The van der Waals surface area contributed by atoms with Gasteiger partial charge in [-0.3, -0.25) is 14.7 Å². The molecular weight excluding hydrogens is 394 g/mol. The molecule has 0 atom stereocenters. The number of hydrogen-bond donors (Lipinski definition) is 0.